The molecule has 1 N–H and O–H groups in total. The van der Waals surface area contributed by atoms with Crippen LogP contribution in [0, 0.1) is 19.8 Å². The molecular weight excluding hydrogens is 231 g/mol. The van der Waals surface area contributed by atoms with E-state index in [0.29, 0.717) is 5.56 Å². The van der Waals surface area contributed by atoms with Gasteiger partial charge in [0.1, 0.15) is 5.82 Å². The zero-order valence-electron chi connectivity index (χ0n) is 10.2. The van der Waals surface area contributed by atoms with Gasteiger partial charge in [0, 0.05) is 5.56 Å². The van der Waals surface area contributed by atoms with Crippen molar-refractivity contribution in [3.05, 3.63) is 59.0 Å². The number of benzene rings is 1. The average molecular weight is 244 g/mol. The lowest BCUT2D eigenvalue weighted by atomic mass is 10.0. The number of aryl methyl sites for hydroxylation is 1. The second kappa shape index (κ2) is 4.96. The summed E-state index contributed by atoms with van der Waals surface area (Å²) in [5.74, 6) is -0.691. The van der Waals surface area contributed by atoms with Crippen molar-refractivity contribution >= 4 is 11.7 Å². The molecule has 0 spiro atoms. The third kappa shape index (κ3) is 2.53. The van der Waals surface area contributed by atoms with Crippen molar-refractivity contribution in [2.75, 3.05) is 5.32 Å². The number of halogens is 1. The molecule has 0 aliphatic carbocycles. The summed E-state index contributed by atoms with van der Waals surface area (Å²) in [5.41, 5.74) is 2.52. The van der Waals surface area contributed by atoms with Crippen LogP contribution in [0.3, 0.4) is 0 Å². The van der Waals surface area contributed by atoms with Crippen LogP contribution in [0.5, 0.6) is 0 Å². The molecular formula is C14H13FN2O. The maximum atomic E-state index is 12.9. The minimum Gasteiger partial charge on any atom is -0.306 e. The first kappa shape index (κ1) is 12.2. The molecule has 0 bridgehead atoms. The van der Waals surface area contributed by atoms with Gasteiger partial charge in [-0.1, -0.05) is 18.2 Å². The van der Waals surface area contributed by atoms with E-state index in [2.05, 4.69) is 10.3 Å². The molecule has 2 aromatic rings. The van der Waals surface area contributed by atoms with Gasteiger partial charge in [-0.2, -0.15) is 4.39 Å². The van der Waals surface area contributed by atoms with E-state index in [1.807, 2.05) is 26.0 Å². The zero-order valence-corrected chi connectivity index (χ0v) is 10.2. The summed E-state index contributed by atoms with van der Waals surface area (Å²) < 4.78 is 12.9. The molecule has 1 heterocycles. The maximum Gasteiger partial charge on any atom is 0.257 e. The predicted molar refractivity (Wildman–Crippen MR) is 68.1 cm³/mol. The first-order chi connectivity index (χ1) is 8.58. The van der Waals surface area contributed by atoms with Gasteiger partial charge in [0.25, 0.3) is 5.91 Å². The summed E-state index contributed by atoms with van der Waals surface area (Å²) in [6.45, 7) is 3.82. The summed E-state index contributed by atoms with van der Waals surface area (Å²) in [6, 6.07) is 9.76. The minimum atomic E-state index is -0.617. The molecule has 0 saturated heterocycles. The molecule has 2 rings (SSSR count). The van der Waals surface area contributed by atoms with Gasteiger partial charge in [-0.15, -0.1) is 0 Å². The second-order valence-electron chi connectivity index (χ2n) is 4.05. The van der Waals surface area contributed by atoms with Crippen molar-refractivity contribution in [1.82, 2.24) is 4.98 Å². The summed E-state index contributed by atoms with van der Waals surface area (Å²) >= 11 is 0. The van der Waals surface area contributed by atoms with Crippen LogP contribution in [-0.2, 0) is 0 Å². The standard InChI is InChI=1S/C14H13FN2O/c1-9-5-3-6-11(10(9)2)14(18)17-13-8-4-7-12(15)16-13/h3-8H,1-2H3,(H,16,17,18). The predicted octanol–water partition coefficient (Wildman–Crippen LogP) is 3.09. The number of carbonyl (C=O) groups excluding carboxylic acids is 1. The molecule has 0 aliphatic rings. The van der Waals surface area contributed by atoms with Gasteiger partial charge in [0.2, 0.25) is 5.95 Å². The van der Waals surface area contributed by atoms with Crippen molar-refractivity contribution in [3.63, 3.8) is 0 Å². The summed E-state index contributed by atoms with van der Waals surface area (Å²) in [5, 5.41) is 2.58. The fourth-order valence-corrected chi connectivity index (χ4v) is 1.66. The SMILES string of the molecule is Cc1cccc(C(=O)Nc2cccc(F)n2)c1C. The number of pyridine rings is 1. The van der Waals surface area contributed by atoms with E-state index in [1.54, 1.807) is 12.1 Å². The Balaban J connectivity index is 2.25. The molecule has 1 amide bonds. The Bertz CT molecular complexity index is 596. The number of hydrogen-bond donors (Lipinski definition) is 1. The molecule has 92 valence electrons. The van der Waals surface area contributed by atoms with Crippen LogP contribution in [0.2, 0.25) is 0 Å². The van der Waals surface area contributed by atoms with E-state index < -0.39 is 5.95 Å². The summed E-state index contributed by atoms with van der Waals surface area (Å²) in [6.07, 6.45) is 0. The lowest BCUT2D eigenvalue weighted by molar-refractivity contribution is 0.102. The summed E-state index contributed by atoms with van der Waals surface area (Å²) in [4.78, 5) is 15.6. The topological polar surface area (TPSA) is 42.0 Å². The van der Waals surface area contributed by atoms with Gasteiger partial charge in [-0.25, -0.2) is 4.98 Å². The lowest BCUT2D eigenvalue weighted by Crippen LogP contribution is -2.15. The van der Waals surface area contributed by atoms with Crippen LogP contribution >= 0.6 is 0 Å². The Kier molecular flexibility index (Phi) is 3.37. The fourth-order valence-electron chi connectivity index (χ4n) is 1.66. The van der Waals surface area contributed by atoms with E-state index in [1.165, 1.54) is 12.1 Å². The van der Waals surface area contributed by atoms with Crippen LogP contribution < -0.4 is 5.32 Å². The molecule has 4 heteroatoms. The Morgan fingerprint density at radius 1 is 1.17 bits per heavy atom. The largest absolute Gasteiger partial charge is 0.306 e. The number of anilines is 1. The molecule has 1 aromatic heterocycles. The van der Waals surface area contributed by atoms with Crippen LogP contribution in [0.15, 0.2) is 36.4 Å². The number of carbonyl (C=O) groups is 1. The van der Waals surface area contributed by atoms with Crippen molar-refractivity contribution < 1.29 is 9.18 Å². The molecule has 0 saturated carbocycles. The monoisotopic (exact) mass is 244 g/mol. The van der Waals surface area contributed by atoms with E-state index in [9.17, 15) is 9.18 Å². The highest BCUT2D eigenvalue weighted by molar-refractivity contribution is 6.04. The van der Waals surface area contributed by atoms with Gasteiger partial charge in [-0.05, 0) is 43.2 Å². The molecule has 0 aliphatic heterocycles. The first-order valence-electron chi connectivity index (χ1n) is 5.58. The Labute approximate surface area is 105 Å². The number of hydrogen-bond acceptors (Lipinski definition) is 2. The molecule has 18 heavy (non-hydrogen) atoms. The smallest absolute Gasteiger partial charge is 0.257 e. The molecule has 3 nitrogen and oxygen atoms in total. The van der Waals surface area contributed by atoms with Gasteiger partial charge in [-0.3, -0.25) is 4.79 Å². The highest BCUT2D eigenvalue weighted by Crippen LogP contribution is 2.14. The molecule has 0 fully saturated rings. The second-order valence-corrected chi connectivity index (χ2v) is 4.05. The molecule has 1 aromatic carbocycles. The van der Waals surface area contributed by atoms with Crippen molar-refractivity contribution in [2.45, 2.75) is 13.8 Å². The average Bonchev–Trinajstić information content (AvgIpc) is 2.32. The molecule has 0 unspecified atom stereocenters. The Hall–Kier alpha value is -2.23. The highest BCUT2D eigenvalue weighted by atomic mass is 19.1. The van der Waals surface area contributed by atoms with Crippen LogP contribution in [-0.4, -0.2) is 10.9 Å². The number of amides is 1. The number of rotatable bonds is 2. The normalized spacial score (nSPS) is 10.2. The van der Waals surface area contributed by atoms with Gasteiger partial charge in [0.05, 0.1) is 0 Å². The van der Waals surface area contributed by atoms with Crippen LogP contribution in [0.25, 0.3) is 0 Å². The van der Waals surface area contributed by atoms with Crippen molar-refractivity contribution in [2.24, 2.45) is 0 Å². The van der Waals surface area contributed by atoms with Crippen LogP contribution in [0.1, 0.15) is 21.5 Å². The zero-order chi connectivity index (χ0) is 13.1. The van der Waals surface area contributed by atoms with Gasteiger partial charge >= 0.3 is 0 Å². The summed E-state index contributed by atoms with van der Waals surface area (Å²) in [7, 11) is 0. The number of nitrogens with zero attached hydrogens (tertiary/aromatic N) is 1. The lowest BCUT2D eigenvalue weighted by Gasteiger charge is -2.08. The Morgan fingerprint density at radius 2 is 1.89 bits per heavy atom. The maximum absolute atomic E-state index is 12.9. The van der Waals surface area contributed by atoms with E-state index in [0.717, 1.165) is 11.1 Å². The van der Waals surface area contributed by atoms with Crippen molar-refractivity contribution in [3.8, 4) is 0 Å². The minimum absolute atomic E-state index is 0.209. The molecule has 0 radical (unpaired) electrons. The van der Waals surface area contributed by atoms with Gasteiger partial charge < -0.3 is 5.32 Å². The third-order valence-corrected chi connectivity index (χ3v) is 2.81. The molecule has 0 atom stereocenters. The first-order valence-corrected chi connectivity index (χ1v) is 5.58. The van der Waals surface area contributed by atoms with Gasteiger partial charge in [0.15, 0.2) is 0 Å². The van der Waals surface area contributed by atoms with Crippen molar-refractivity contribution in [1.29, 1.82) is 0 Å². The highest BCUT2D eigenvalue weighted by Gasteiger charge is 2.10. The van der Waals surface area contributed by atoms with E-state index in [-0.39, 0.29) is 11.7 Å². The van der Waals surface area contributed by atoms with Crippen LogP contribution in [0.4, 0.5) is 10.2 Å². The van der Waals surface area contributed by atoms with E-state index in [4.69, 9.17) is 0 Å². The fraction of sp³-hybridized carbons (Fsp3) is 0.143. The number of aromatic nitrogens is 1. The third-order valence-electron chi connectivity index (χ3n) is 2.81. The van der Waals surface area contributed by atoms with E-state index >= 15 is 0 Å². The quantitative estimate of drug-likeness (QED) is 0.825. The number of nitrogens with one attached hydrogen (secondary N) is 1. The Morgan fingerprint density at radius 3 is 2.61 bits per heavy atom.